The molecule has 0 bridgehead atoms. The van der Waals surface area contributed by atoms with Gasteiger partial charge in [0.1, 0.15) is 11.5 Å². The van der Waals surface area contributed by atoms with Crippen LogP contribution in [0.25, 0.3) is 10.9 Å². The number of aryl methyl sites for hydroxylation is 1. The normalized spacial score (nSPS) is 11.3. The number of hydrogen-bond donors (Lipinski definition) is 1. The van der Waals surface area contributed by atoms with Gasteiger partial charge in [-0.2, -0.15) is 0 Å². The molecule has 0 aliphatic carbocycles. The van der Waals surface area contributed by atoms with Gasteiger partial charge in [0.2, 0.25) is 0 Å². The molecule has 0 aliphatic rings. The maximum absolute atomic E-state index is 5.13. The molecule has 0 spiro atoms. The van der Waals surface area contributed by atoms with Crippen LogP contribution in [0.5, 0.6) is 0 Å². The van der Waals surface area contributed by atoms with Gasteiger partial charge in [0.15, 0.2) is 0 Å². The van der Waals surface area contributed by atoms with E-state index >= 15 is 0 Å². The summed E-state index contributed by atoms with van der Waals surface area (Å²) in [4.78, 5) is 0. The summed E-state index contributed by atoms with van der Waals surface area (Å²) in [6.45, 7) is 6.66. The van der Waals surface area contributed by atoms with Crippen LogP contribution < -0.4 is 5.32 Å². The first-order valence-electron chi connectivity index (χ1n) is 6.97. The number of benzene rings is 1. The fourth-order valence-electron chi connectivity index (χ4n) is 2.41. The van der Waals surface area contributed by atoms with Crippen LogP contribution in [0.3, 0.4) is 0 Å². The standard InChI is InChI=1S/C16H19N3O/c1-3-17-10-13-4-5-14-6-7-19(16(14)9-13)11-15-8-12(2)20-18-15/h4-9,17H,3,10-11H2,1-2H3. The van der Waals surface area contributed by atoms with Crippen LogP contribution in [0.4, 0.5) is 0 Å². The van der Waals surface area contributed by atoms with E-state index in [0.29, 0.717) is 0 Å². The average Bonchev–Trinajstić information content (AvgIpc) is 3.04. The monoisotopic (exact) mass is 269 g/mol. The Balaban J connectivity index is 1.90. The highest BCUT2D eigenvalue weighted by Gasteiger charge is 2.06. The Kier molecular flexibility index (Phi) is 3.56. The summed E-state index contributed by atoms with van der Waals surface area (Å²) >= 11 is 0. The molecule has 2 heterocycles. The maximum Gasteiger partial charge on any atom is 0.133 e. The third kappa shape index (κ3) is 2.60. The molecule has 3 rings (SSSR count). The summed E-state index contributed by atoms with van der Waals surface area (Å²) in [6.07, 6.45) is 2.10. The van der Waals surface area contributed by atoms with Crippen LogP contribution in [0.15, 0.2) is 41.1 Å². The predicted octanol–water partition coefficient (Wildman–Crippen LogP) is 3.10. The van der Waals surface area contributed by atoms with Crippen molar-refractivity contribution in [3.8, 4) is 0 Å². The molecule has 0 radical (unpaired) electrons. The number of aromatic nitrogens is 2. The Labute approximate surface area is 118 Å². The minimum atomic E-state index is 0.742. The lowest BCUT2D eigenvalue weighted by Gasteiger charge is -2.06. The predicted molar refractivity (Wildman–Crippen MR) is 79.7 cm³/mol. The van der Waals surface area contributed by atoms with Gasteiger partial charge in [-0.3, -0.25) is 0 Å². The molecule has 1 aromatic carbocycles. The zero-order valence-electron chi connectivity index (χ0n) is 11.9. The van der Waals surface area contributed by atoms with Crippen LogP contribution in [-0.2, 0) is 13.1 Å². The topological polar surface area (TPSA) is 43.0 Å². The second kappa shape index (κ2) is 5.51. The Hall–Kier alpha value is -2.07. The van der Waals surface area contributed by atoms with E-state index in [1.807, 2.05) is 13.0 Å². The van der Waals surface area contributed by atoms with Gasteiger partial charge in [-0.25, -0.2) is 0 Å². The molecule has 0 unspecified atom stereocenters. The van der Waals surface area contributed by atoms with E-state index in [0.717, 1.165) is 31.1 Å². The van der Waals surface area contributed by atoms with Gasteiger partial charge >= 0.3 is 0 Å². The third-order valence-corrected chi connectivity index (χ3v) is 3.43. The second-order valence-corrected chi connectivity index (χ2v) is 5.05. The van der Waals surface area contributed by atoms with Crippen molar-refractivity contribution < 1.29 is 4.52 Å². The fraction of sp³-hybridized carbons (Fsp3) is 0.312. The molecular weight excluding hydrogens is 250 g/mol. The molecular formula is C16H19N3O. The van der Waals surface area contributed by atoms with E-state index in [9.17, 15) is 0 Å². The van der Waals surface area contributed by atoms with Crippen molar-refractivity contribution in [3.63, 3.8) is 0 Å². The number of rotatable bonds is 5. The highest BCUT2D eigenvalue weighted by molar-refractivity contribution is 5.80. The van der Waals surface area contributed by atoms with E-state index in [2.05, 4.69) is 52.4 Å². The Morgan fingerprint density at radius 2 is 2.15 bits per heavy atom. The van der Waals surface area contributed by atoms with E-state index in [4.69, 9.17) is 4.52 Å². The van der Waals surface area contributed by atoms with Crippen molar-refractivity contribution in [2.45, 2.75) is 26.9 Å². The molecule has 0 saturated heterocycles. The summed E-state index contributed by atoms with van der Waals surface area (Å²) < 4.78 is 7.34. The Morgan fingerprint density at radius 1 is 1.25 bits per heavy atom. The summed E-state index contributed by atoms with van der Waals surface area (Å²) in [5, 5.41) is 8.67. The lowest BCUT2D eigenvalue weighted by Crippen LogP contribution is -2.11. The van der Waals surface area contributed by atoms with Crippen molar-refractivity contribution in [2.75, 3.05) is 6.54 Å². The smallest absolute Gasteiger partial charge is 0.133 e. The van der Waals surface area contributed by atoms with Crippen LogP contribution in [0.2, 0.25) is 0 Å². The molecule has 20 heavy (non-hydrogen) atoms. The molecule has 0 aliphatic heterocycles. The molecule has 3 aromatic rings. The lowest BCUT2D eigenvalue weighted by molar-refractivity contribution is 0.389. The van der Waals surface area contributed by atoms with Crippen LogP contribution in [-0.4, -0.2) is 16.3 Å². The van der Waals surface area contributed by atoms with Gasteiger partial charge in [-0.1, -0.05) is 24.2 Å². The third-order valence-electron chi connectivity index (χ3n) is 3.43. The van der Waals surface area contributed by atoms with Crippen LogP contribution in [0, 0.1) is 6.92 Å². The first-order chi connectivity index (χ1) is 9.76. The SMILES string of the molecule is CCNCc1ccc2ccn(Cc3cc(C)on3)c2c1. The van der Waals surface area contributed by atoms with Gasteiger partial charge < -0.3 is 14.4 Å². The molecule has 4 nitrogen and oxygen atoms in total. The minimum Gasteiger partial charge on any atom is -0.361 e. The molecule has 0 fully saturated rings. The van der Waals surface area contributed by atoms with Gasteiger partial charge in [0.05, 0.1) is 6.54 Å². The molecule has 0 saturated carbocycles. The lowest BCUT2D eigenvalue weighted by atomic mass is 10.1. The van der Waals surface area contributed by atoms with Gasteiger partial charge in [0.25, 0.3) is 0 Å². The Morgan fingerprint density at radius 3 is 2.90 bits per heavy atom. The van der Waals surface area contributed by atoms with E-state index in [1.54, 1.807) is 0 Å². The molecule has 2 aromatic heterocycles. The fourth-order valence-corrected chi connectivity index (χ4v) is 2.41. The molecule has 0 atom stereocenters. The minimum absolute atomic E-state index is 0.742. The highest BCUT2D eigenvalue weighted by atomic mass is 16.5. The zero-order valence-corrected chi connectivity index (χ0v) is 11.9. The van der Waals surface area contributed by atoms with Crippen molar-refractivity contribution in [1.29, 1.82) is 0 Å². The zero-order chi connectivity index (χ0) is 13.9. The average molecular weight is 269 g/mol. The first kappa shape index (κ1) is 12.9. The molecule has 0 amide bonds. The van der Waals surface area contributed by atoms with Gasteiger partial charge in [-0.15, -0.1) is 0 Å². The van der Waals surface area contributed by atoms with Gasteiger partial charge in [-0.05, 0) is 36.6 Å². The summed E-state index contributed by atoms with van der Waals surface area (Å²) in [5.41, 5.74) is 3.49. The van der Waals surface area contributed by atoms with Crippen molar-refractivity contribution in [1.82, 2.24) is 15.0 Å². The molecule has 1 N–H and O–H groups in total. The Bertz CT molecular complexity index is 711. The second-order valence-electron chi connectivity index (χ2n) is 5.05. The maximum atomic E-state index is 5.13. The molecule has 4 heteroatoms. The van der Waals surface area contributed by atoms with E-state index in [1.165, 1.54) is 16.5 Å². The molecule has 104 valence electrons. The number of nitrogens with one attached hydrogen (secondary N) is 1. The van der Waals surface area contributed by atoms with E-state index < -0.39 is 0 Å². The quantitative estimate of drug-likeness (QED) is 0.774. The first-order valence-corrected chi connectivity index (χ1v) is 6.97. The van der Waals surface area contributed by atoms with E-state index in [-0.39, 0.29) is 0 Å². The largest absolute Gasteiger partial charge is 0.361 e. The highest BCUT2D eigenvalue weighted by Crippen LogP contribution is 2.19. The van der Waals surface area contributed by atoms with Gasteiger partial charge in [0, 0.05) is 24.3 Å². The number of fused-ring (bicyclic) bond motifs is 1. The van der Waals surface area contributed by atoms with Crippen molar-refractivity contribution in [3.05, 3.63) is 53.5 Å². The van der Waals surface area contributed by atoms with Crippen LogP contribution >= 0.6 is 0 Å². The van der Waals surface area contributed by atoms with Crippen molar-refractivity contribution in [2.24, 2.45) is 0 Å². The summed E-state index contributed by atoms with van der Waals surface area (Å²) in [5.74, 6) is 0.851. The summed E-state index contributed by atoms with van der Waals surface area (Å²) in [6, 6.07) is 10.7. The number of hydrogen-bond acceptors (Lipinski definition) is 3. The van der Waals surface area contributed by atoms with Crippen molar-refractivity contribution >= 4 is 10.9 Å². The van der Waals surface area contributed by atoms with Crippen LogP contribution in [0.1, 0.15) is 23.9 Å². The summed E-state index contributed by atoms with van der Waals surface area (Å²) in [7, 11) is 0. The number of nitrogens with zero attached hydrogens (tertiary/aromatic N) is 2.